The maximum absolute atomic E-state index is 12.4. The molecule has 2 aromatic carbocycles. The predicted octanol–water partition coefficient (Wildman–Crippen LogP) is 3.77. The molecule has 7 heteroatoms. The number of rotatable bonds is 7. The van der Waals surface area contributed by atoms with Crippen LogP contribution in [0.15, 0.2) is 36.4 Å². The predicted molar refractivity (Wildman–Crippen MR) is 96.3 cm³/mol. The fourth-order valence-electron chi connectivity index (χ4n) is 2.10. The summed E-state index contributed by atoms with van der Waals surface area (Å²) >= 11 is 6.06. The van der Waals surface area contributed by atoms with Crippen LogP contribution in [0.4, 0.5) is 5.69 Å². The number of halogens is 1. The van der Waals surface area contributed by atoms with Crippen LogP contribution in [0.25, 0.3) is 0 Å². The minimum atomic E-state index is -0.722. The average molecular weight is 366 g/mol. The van der Waals surface area contributed by atoms with Crippen LogP contribution < -0.4 is 24.3 Å². The molecule has 134 valence electrons. The Morgan fingerprint density at radius 2 is 1.56 bits per heavy atom. The molecular formula is C18H20ClNO5. The largest absolute Gasteiger partial charge is 0.497 e. The second kappa shape index (κ2) is 8.48. The molecule has 0 radical (unpaired) electrons. The maximum atomic E-state index is 12.4. The summed E-state index contributed by atoms with van der Waals surface area (Å²) in [6.07, 6.45) is -0.722. The Morgan fingerprint density at radius 3 is 2.12 bits per heavy atom. The van der Waals surface area contributed by atoms with E-state index in [4.69, 9.17) is 30.5 Å². The number of carbonyl (C=O) groups is 1. The average Bonchev–Trinajstić information content (AvgIpc) is 2.63. The molecule has 6 nitrogen and oxygen atoms in total. The van der Waals surface area contributed by atoms with E-state index in [2.05, 4.69) is 5.32 Å². The Hall–Kier alpha value is -2.60. The summed E-state index contributed by atoms with van der Waals surface area (Å²) in [5.74, 6) is 1.79. The van der Waals surface area contributed by atoms with E-state index < -0.39 is 6.10 Å². The number of methoxy groups -OCH3 is 3. The number of amides is 1. The molecule has 1 atom stereocenters. The van der Waals surface area contributed by atoms with Crippen LogP contribution in [-0.4, -0.2) is 33.3 Å². The molecule has 0 aliphatic carbocycles. The second-order valence-corrected chi connectivity index (χ2v) is 5.52. The number of nitrogens with one attached hydrogen (secondary N) is 1. The highest BCUT2D eigenvalue weighted by molar-refractivity contribution is 6.32. The number of hydrogen-bond acceptors (Lipinski definition) is 5. The zero-order valence-corrected chi connectivity index (χ0v) is 15.2. The van der Waals surface area contributed by atoms with E-state index in [-0.39, 0.29) is 5.91 Å². The third-order valence-electron chi connectivity index (χ3n) is 3.47. The molecule has 25 heavy (non-hydrogen) atoms. The lowest BCUT2D eigenvalue weighted by atomic mass is 10.2. The van der Waals surface area contributed by atoms with Crippen molar-refractivity contribution in [1.82, 2.24) is 0 Å². The zero-order valence-electron chi connectivity index (χ0n) is 14.5. The SMILES string of the molecule is COc1ccc(OC(C)C(=O)Nc2cc(OC)c(Cl)cc2OC)cc1. The highest BCUT2D eigenvalue weighted by atomic mass is 35.5. The number of anilines is 1. The Bertz CT molecular complexity index is 733. The first-order chi connectivity index (χ1) is 12.0. The molecule has 0 aliphatic heterocycles. The van der Waals surface area contributed by atoms with Crippen LogP contribution in [0.1, 0.15) is 6.92 Å². The molecule has 0 saturated heterocycles. The fourth-order valence-corrected chi connectivity index (χ4v) is 2.34. The van der Waals surface area contributed by atoms with Crippen molar-refractivity contribution in [2.45, 2.75) is 13.0 Å². The molecule has 0 saturated carbocycles. The van der Waals surface area contributed by atoms with Gasteiger partial charge in [0.1, 0.15) is 23.0 Å². The first kappa shape index (κ1) is 18.7. The lowest BCUT2D eigenvalue weighted by molar-refractivity contribution is -0.122. The van der Waals surface area contributed by atoms with Crippen molar-refractivity contribution in [3.8, 4) is 23.0 Å². The summed E-state index contributed by atoms with van der Waals surface area (Å²) in [6.45, 7) is 1.65. The lowest BCUT2D eigenvalue weighted by Crippen LogP contribution is -2.30. The van der Waals surface area contributed by atoms with Crippen molar-refractivity contribution < 1.29 is 23.7 Å². The van der Waals surface area contributed by atoms with Crippen molar-refractivity contribution in [3.63, 3.8) is 0 Å². The van der Waals surface area contributed by atoms with Crippen molar-refractivity contribution in [2.24, 2.45) is 0 Å². The number of carbonyl (C=O) groups excluding carboxylic acids is 1. The lowest BCUT2D eigenvalue weighted by Gasteiger charge is -2.17. The third kappa shape index (κ3) is 4.70. The topological polar surface area (TPSA) is 66.0 Å². The Balaban J connectivity index is 2.09. The summed E-state index contributed by atoms with van der Waals surface area (Å²) < 4.78 is 21.1. The van der Waals surface area contributed by atoms with Crippen LogP contribution in [0.3, 0.4) is 0 Å². The molecule has 0 fully saturated rings. The van der Waals surface area contributed by atoms with E-state index in [1.165, 1.54) is 14.2 Å². The van der Waals surface area contributed by atoms with Gasteiger partial charge in [-0.1, -0.05) is 11.6 Å². The first-order valence-electron chi connectivity index (χ1n) is 7.51. The summed E-state index contributed by atoms with van der Waals surface area (Å²) in [5.41, 5.74) is 0.443. The van der Waals surface area contributed by atoms with E-state index in [1.807, 2.05) is 0 Å². The van der Waals surface area contributed by atoms with E-state index in [0.717, 1.165) is 0 Å². The van der Waals surface area contributed by atoms with Gasteiger partial charge in [-0.25, -0.2) is 0 Å². The molecule has 2 rings (SSSR count). The monoisotopic (exact) mass is 365 g/mol. The molecule has 0 heterocycles. The summed E-state index contributed by atoms with van der Waals surface area (Å²) in [7, 11) is 4.57. The van der Waals surface area contributed by atoms with Gasteiger partial charge in [-0.05, 0) is 31.2 Å². The van der Waals surface area contributed by atoms with Gasteiger partial charge in [-0.15, -0.1) is 0 Å². The molecule has 1 amide bonds. The van der Waals surface area contributed by atoms with Crippen molar-refractivity contribution in [1.29, 1.82) is 0 Å². The van der Waals surface area contributed by atoms with Gasteiger partial charge in [0.05, 0.1) is 32.0 Å². The summed E-state index contributed by atoms with van der Waals surface area (Å²) in [6, 6.07) is 10.1. The van der Waals surface area contributed by atoms with Crippen LogP contribution in [-0.2, 0) is 4.79 Å². The molecule has 1 N–H and O–H groups in total. The fraction of sp³-hybridized carbons (Fsp3) is 0.278. The Labute approximate surface area is 151 Å². The Kier molecular flexibility index (Phi) is 6.36. The minimum Gasteiger partial charge on any atom is -0.497 e. The summed E-state index contributed by atoms with van der Waals surface area (Å²) in [5, 5.41) is 3.14. The molecule has 1 unspecified atom stereocenters. The molecule has 0 spiro atoms. The number of ether oxygens (including phenoxy) is 4. The molecule has 0 aliphatic rings. The highest BCUT2D eigenvalue weighted by Crippen LogP contribution is 2.36. The van der Waals surface area contributed by atoms with E-state index >= 15 is 0 Å². The second-order valence-electron chi connectivity index (χ2n) is 5.11. The number of benzene rings is 2. The van der Waals surface area contributed by atoms with Gasteiger partial charge < -0.3 is 24.3 Å². The van der Waals surface area contributed by atoms with Gasteiger partial charge in [0, 0.05) is 12.1 Å². The van der Waals surface area contributed by atoms with Crippen molar-refractivity contribution >= 4 is 23.2 Å². The van der Waals surface area contributed by atoms with Gasteiger partial charge >= 0.3 is 0 Å². The quantitative estimate of drug-likeness (QED) is 0.809. The standard InChI is InChI=1S/C18H20ClNO5/c1-11(25-13-7-5-12(22-2)6-8-13)18(21)20-15-10-16(23-3)14(19)9-17(15)24-4/h5-11H,1-4H3,(H,20,21). The van der Waals surface area contributed by atoms with E-state index in [0.29, 0.717) is 33.7 Å². The van der Waals surface area contributed by atoms with Gasteiger partial charge in [0.15, 0.2) is 6.10 Å². The van der Waals surface area contributed by atoms with Gasteiger partial charge in [0.2, 0.25) is 0 Å². The van der Waals surface area contributed by atoms with E-state index in [9.17, 15) is 4.79 Å². The first-order valence-corrected chi connectivity index (χ1v) is 7.89. The maximum Gasteiger partial charge on any atom is 0.265 e. The molecule has 0 bridgehead atoms. The smallest absolute Gasteiger partial charge is 0.265 e. The van der Waals surface area contributed by atoms with Crippen LogP contribution in [0.5, 0.6) is 23.0 Å². The molecule has 0 aromatic heterocycles. The Morgan fingerprint density at radius 1 is 0.960 bits per heavy atom. The van der Waals surface area contributed by atoms with Gasteiger partial charge in [-0.2, -0.15) is 0 Å². The molecular weight excluding hydrogens is 346 g/mol. The van der Waals surface area contributed by atoms with Gasteiger partial charge in [0.25, 0.3) is 5.91 Å². The van der Waals surface area contributed by atoms with Crippen LogP contribution in [0, 0.1) is 0 Å². The third-order valence-corrected chi connectivity index (χ3v) is 3.77. The number of hydrogen-bond donors (Lipinski definition) is 1. The normalized spacial score (nSPS) is 11.4. The summed E-state index contributed by atoms with van der Waals surface area (Å²) in [4.78, 5) is 12.4. The van der Waals surface area contributed by atoms with Crippen molar-refractivity contribution in [2.75, 3.05) is 26.6 Å². The van der Waals surface area contributed by atoms with Crippen molar-refractivity contribution in [3.05, 3.63) is 41.4 Å². The molecule has 2 aromatic rings. The van der Waals surface area contributed by atoms with Crippen LogP contribution >= 0.6 is 11.6 Å². The zero-order chi connectivity index (χ0) is 18.4. The minimum absolute atomic E-state index is 0.335. The van der Waals surface area contributed by atoms with Crippen LogP contribution in [0.2, 0.25) is 5.02 Å². The van der Waals surface area contributed by atoms with E-state index in [1.54, 1.807) is 50.4 Å². The highest BCUT2D eigenvalue weighted by Gasteiger charge is 2.18. The van der Waals surface area contributed by atoms with Gasteiger partial charge in [-0.3, -0.25) is 4.79 Å².